The molecular weight excluding hydrogens is 388 g/mol. The molecule has 1 fully saturated rings. The second kappa shape index (κ2) is 10.4. The molecule has 1 aromatic heterocycles. The molecule has 3 N–H and O–H groups in total. The van der Waals surface area contributed by atoms with Crippen molar-refractivity contribution in [1.82, 2.24) is 4.90 Å². The summed E-state index contributed by atoms with van der Waals surface area (Å²) in [7, 11) is 0. The summed E-state index contributed by atoms with van der Waals surface area (Å²) in [5.74, 6) is -4.17. The Balaban J connectivity index is 1.91. The molecule has 2 heterocycles. The Morgan fingerprint density at radius 3 is 2.79 bits per heavy atom. The molecule has 1 saturated heterocycles. The number of unbranched alkanes of at least 4 members (excludes halogenated alkanes) is 2. The van der Waals surface area contributed by atoms with Crippen LogP contribution in [0, 0.1) is 0 Å². The molecule has 0 bridgehead atoms. The monoisotopic (exact) mass is 417 g/mol. The first kappa shape index (κ1) is 22.9. The van der Waals surface area contributed by atoms with Crippen LogP contribution in [0.2, 0.25) is 0 Å². The van der Waals surface area contributed by atoms with E-state index >= 15 is 0 Å². The molecule has 0 amide bonds. The van der Waals surface area contributed by atoms with Gasteiger partial charge < -0.3 is 15.3 Å². The third-order valence-electron chi connectivity index (χ3n) is 4.97. The van der Waals surface area contributed by atoms with Gasteiger partial charge in [-0.3, -0.25) is 4.90 Å². The molecule has 8 heteroatoms. The lowest BCUT2D eigenvalue weighted by atomic mass is 10.1. The molecule has 0 spiro atoms. The minimum absolute atomic E-state index is 0.251. The standard InChI is InChI=1S/C20H29F2NO4S/c1-2-3-4-6-15(24)9-8-14-13-20(21,22)19(27)23(14)12-5-7-16-10-11-17(28-16)18(25)26/h8-11,14-15,19,24,27H,2-7,12-13H2,1H3,(H,25,26)/b9-8+/t14-,15-,19?/m0/s1. The number of hydrogen-bond donors (Lipinski definition) is 3. The third-order valence-corrected chi connectivity index (χ3v) is 6.10. The van der Waals surface area contributed by atoms with Gasteiger partial charge in [-0.1, -0.05) is 38.3 Å². The van der Waals surface area contributed by atoms with Crippen molar-refractivity contribution >= 4 is 17.3 Å². The van der Waals surface area contributed by atoms with Gasteiger partial charge >= 0.3 is 5.97 Å². The van der Waals surface area contributed by atoms with Gasteiger partial charge in [0.15, 0.2) is 6.23 Å². The first-order chi connectivity index (χ1) is 13.2. The second-order valence-electron chi connectivity index (χ2n) is 7.27. The molecule has 0 aromatic carbocycles. The minimum atomic E-state index is -3.19. The smallest absolute Gasteiger partial charge is 0.345 e. The number of rotatable bonds is 11. The highest BCUT2D eigenvalue weighted by atomic mass is 32.1. The van der Waals surface area contributed by atoms with Gasteiger partial charge in [-0.25, -0.2) is 13.6 Å². The summed E-state index contributed by atoms with van der Waals surface area (Å²) in [6.45, 7) is 2.33. The molecule has 0 saturated carbocycles. The van der Waals surface area contributed by atoms with Crippen molar-refractivity contribution in [2.45, 2.75) is 76.2 Å². The Kier molecular flexibility index (Phi) is 8.55. The average Bonchev–Trinajstić information content (AvgIpc) is 3.18. The Morgan fingerprint density at radius 1 is 1.39 bits per heavy atom. The number of likely N-dealkylation sites (tertiary alicyclic amines) is 1. The summed E-state index contributed by atoms with van der Waals surface area (Å²) in [5.41, 5.74) is 0. The van der Waals surface area contributed by atoms with Crippen molar-refractivity contribution in [3.8, 4) is 0 Å². The quantitative estimate of drug-likeness (QED) is 0.376. The van der Waals surface area contributed by atoms with Crippen molar-refractivity contribution in [3.63, 3.8) is 0 Å². The van der Waals surface area contributed by atoms with Crippen LogP contribution >= 0.6 is 11.3 Å². The second-order valence-corrected chi connectivity index (χ2v) is 8.44. The largest absolute Gasteiger partial charge is 0.477 e. The maximum Gasteiger partial charge on any atom is 0.345 e. The van der Waals surface area contributed by atoms with Gasteiger partial charge in [0.2, 0.25) is 0 Å². The summed E-state index contributed by atoms with van der Waals surface area (Å²) in [4.78, 5) is 13.4. The fourth-order valence-corrected chi connectivity index (χ4v) is 4.30. The first-order valence-corrected chi connectivity index (χ1v) is 10.6. The highest BCUT2D eigenvalue weighted by molar-refractivity contribution is 7.13. The highest BCUT2D eigenvalue weighted by Crippen LogP contribution is 2.37. The van der Waals surface area contributed by atoms with Gasteiger partial charge in [0.05, 0.1) is 6.10 Å². The zero-order valence-electron chi connectivity index (χ0n) is 16.1. The molecule has 0 aliphatic carbocycles. The molecule has 1 aromatic rings. The number of aliphatic hydroxyl groups excluding tert-OH is 2. The normalized spacial score (nSPS) is 23.5. The van der Waals surface area contributed by atoms with Crippen LogP contribution in [0.25, 0.3) is 0 Å². The number of carbonyl (C=O) groups is 1. The summed E-state index contributed by atoms with van der Waals surface area (Å²) >= 11 is 1.17. The lowest BCUT2D eigenvalue weighted by Crippen LogP contribution is -2.41. The molecule has 2 rings (SSSR count). The zero-order valence-corrected chi connectivity index (χ0v) is 16.9. The minimum Gasteiger partial charge on any atom is -0.477 e. The lowest BCUT2D eigenvalue weighted by Gasteiger charge is -2.25. The summed E-state index contributed by atoms with van der Waals surface area (Å²) < 4.78 is 28.0. The molecule has 0 radical (unpaired) electrons. The van der Waals surface area contributed by atoms with Crippen molar-refractivity contribution in [1.29, 1.82) is 0 Å². The Hall–Kier alpha value is -1.35. The fraction of sp³-hybridized carbons (Fsp3) is 0.650. The number of aromatic carboxylic acids is 1. The van der Waals surface area contributed by atoms with Crippen LogP contribution in [-0.2, 0) is 6.42 Å². The fourth-order valence-electron chi connectivity index (χ4n) is 3.41. The number of carboxylic acid groups (broad SMARTS) is 1. The van der Waals surface area contributed by atoms with Crippen molar-refractivity contribution in [2.24, 2.45) is 0 Å². The number of halogens is 2. The number of alkyl halides is 2. The number of aryl methyl sites for hydroxylation is 1. The van der Waals surface area contributed by atoms with Crippen LogP contribution in [0.15, 0.2) is 24.3 Å². The Morgan fingerprint density at radius 2 is 2.14 bits per heavy atom. The van der Waals surface area contributed by atoms with E-state index in [0.29, 0.717) is 19.3 Å². The van der Waals surface area contributed by atoms with Gasteiger partial charge in [-0.2, -0.15) is 0 Å². The van der Waals surface area contributed by atoms with Crippen LogP contribution in [-0.4, -0.2) is 57.0 Å². The van der Waals surface area contributed by atoms with Crippen LogP contribution in [0.4, 0.5) is 8.78 Å². The van der Waals surface area contributed by atoms with Gasteiger partial charge in [-0.15, -0.1) is 11.3 Å². The number of carboxylic acids is 1. The van der Waals surface area contributed by atoms with E-state index in [1.54, 1.807) is 18.2 Å². The van der Waals surface area contributed by atoms with Crippen LogP contribution in [0.5, 0.6) is 0 Å². The Labute approximate surface area is 168 Å². The van der Waals surface area contributed by atoms with Gasteiger partial charge in [0.25, 0.3) is 5.92 Å². The summed E-state index contributed by atoms with van der Waals surface area (Å²) in [5, 5.41) is 28.9. The predicted octanol–water partition coefficient (Wildman–Crippen LogP) is 3.90. The highest BCUT2D eigenvalue weighted by Gasteiger charge is 2.52. The molecule has 158 valence electrons. The molecule has 5 nitrogen and oxygen atoms in total. The maximum absolute atomic E-state index is 14.0. The predicted molar refractivity (Wildman–Crippen MR) is 105 cm³/mol. The van der Waals surface area contributed by atoms with Crippen LogP contribution in [0.1, 0.15) is 60.0 Å². The molecular formula is C20H29F2NO4S. The van der Waals surface area contributed by atoms with Crippen molar-refractivity contribution in [2.75, 3.05) is 6.54 Å². The zero-order chi connectivity index (χ0) is 20.7. The van der Waals surface area contributed by atoms with E-state index in [-0.39, 0.29) is 11.4 Å². The van der Waals surface area contributed by atoms with Gasteiger partial charge in [-0.05, 0) is 31.4 Å². The van der Waals surface area contributed by atoms with Crippen molar-refractivity contribution < 1.29 is 28.9 Å². The summed E-state index contributed by atoms with van der Waals surface area (Å²) in [6, 6.07) is 2.63. The van der Waals surface area contributed by atoms with Gasteiger partial charge in [0, 0.05) is 23.9 Å². The number of hydrogen-bond acceptors (Lipinski definition) is 5. The molecule has 1 unspecified atom stereocenters. The maximum atomic E-state index is 14.0. The Bertz CT molecular complexity index is 664. The van der Waals surface area contributed by atoms with E-state index < -0.39 is 36.7 Å². The molecule has 3 atom stereocenters. The average molecular weight is 418 g/mol. The van der Waals surface area contributed by atoms with E-state index in [4.69, 9.17) is 5.11 Å². The third kappa shape index (κ3) is 6.34. The van der Waals surface area contributed by atoms with Gasteiger partial charge in [0.1, 0.15) is 4.88 Å². The number of aliphatic hydroxyl groups is 2. The number of thiophene rings is 1. The molecule has 1 aliphatic rings. The van der Waals surface area contributed by atoms with E-state index in [2.05, 4.69) is 6.92 Å². The van der Waals surface area contributed by atoms with E-state index in [0.717, 1.165) is 24.1 Å². The van der Waals surface area contributed by atoms with Crippen LogP contribution < -0.4 is 0 Å². The van der Waals surface area contributed by atoms with Crippen molar-refractivity contribution in [3.05, 3.63) is 34.0 Å². The first-order valence-electron chi connectivity index (χ1n) is 9.74. The lowest BCUT2D eigenvalue weighted by molar-refractivity contribution is -0.132. The van der Waals surface area contributed by atoms with E-state index in [9.17, 15) is 23.8 Å². The SMILES string of the molecule is CCCCC[C@H](O)/C=C/[C@H]1CC(F)(F)C(O)N1CCCc1ccc(C(=O)O)s1. The molecule has 1 aliphatic heterocycles. The number of nitrogens with zero attached hydrogens (tertiary/aromatic N) is 1. The molecule has 28 heavy (non-hydrogen) atoms. The van der Waals surface area contributed by atoms with E-state index in [1.165, 1.54) is 22.3 Å². The van der Waals surface area contributed by atoms with Crippen LogP contribution in [0.3, 0.4) is 0 Å². The summed E-state index contributed by atoms with van der Waals surface area (Å²) in [6.07, 6.45) is 4.76. The topological polar surface area (TPSA) is 81.0 Å². The van der Waals surface area contributed by atoms with E-state index in [1.807, 2.05) is 0 Å².